The smallest absolute Gasteiger partial charge is 0.492 e. The molecule has 0 spiro atoms. The second-order valence-electron chi connectivity index (χ2n) is 8.23. The summed E-state index contributed by atoms with van der Waals surface area (Å²) in [5, 5.41) is 31.7. The summed E-state index contributed by atoms with van der Waals surface area (Å²) in [6.45, 7) is 5.01. The zero-order valence-electron chi connectivity index (χ0n) is 18.8. The van der Waals surface area contributed by atoms with Crippen molar-refractivity contribution in [2.24, 2.45) is 0 Å². The number of carboxylic acid groups (broad SMARTS) is 1. The zero-order chi connectivity index (χ0) is 24.8. The van der Waals surface area contributed by atoms with Gasteiger partial charge < -0.3 is 34.7 Å². The van der Waals surface area contributed by atoms with Gasteiger partial charge in [-0.05, 0) is 56.2 Å². The summed E-state index contributed by atoms with van der Waals surface area (Å²) in [4.78, 5) is 23.9. The minimum Gasteiger partial charge on any atom is -0.497 e. The highest BCUT2D eigenvalue weighted by molar-refractivity contribution is 6.60. The number of methoxy groups -OCH3 is 1. The summed E-state index contributed by atoms with van der Waals surface area (Å²) in [7, 11) is -0.375. The van der Waals surface area contributed by atoms with Gasteiger partial charge in [-0.25, -0.2) is 9.59 Å². The molecule has 0 aliphatic heterocycles. The first-order valence-corrected chi connectivity index (χ1v) is 10.4. The number of alkyl carbamates (subject to hydrolysis) is 1. The highest BCUT2D eigenvalue weighted by atomic mass is 35.5. The molecular formula is C22H27BClNO8. The van der Waals surface area contributed by atoms with E-state index in [9.17, 15) is 24.7 Å². The van der Waals surface area contributed by atoms with E-state index in [4.69, 9.17) is 25.8 Å². The molecular weight excluding hydrogens is 453 g/mol. The minimum atomic E-state index is -1.92. The third-order valence-electron chi connectivity index (χ3n) is 4.39. The Balaban J connectivity index is 2.32. The van der Waals surface area contributed by atoms with Gasteiger partial charge in [0.05, 0.1) is 7.11 Å². The Morgan fingerprint density at radius 3 is 2.30 bits per heavy atom. The molecule has 178 valence electrons. The van der Waals surface area contributed by atoms with E-state index in [0.29, 0.717) is 5.75 Å². The molecule has 33 heavy (non-hydrogen) atoms. The summed E-state index contributed by atoms with van der Waals surface area (Å²) in [6, 6.07) is 8.41. The third-order valence-corrected chi connectivity index (χ3v) is 4.61. The molecule has 0 aromatic heterocycles. The van der Waals surface area contributed by atoms with Crippen molar-refractivity contribution in [3.8, 4) is 11.5 Å². The first kappa shape index (κ1) is 26.3. The Bertz CT molecular complexity index is 976. The van der Waals surface area contributed by atoms with E-state index in [1.54, 1.807) is 52.1 Å². The van der Waals surface area contributed by atoms with E-state index in [2.05, 4.69) is 5.32 Å². The number of hydrogen-bond acceptors (Lipinski definition) is 7. The van der Waals surface area contributed by atoms with E-state index in [1.807, 2.05) is 0 Å². The minimum absolute atomic E-state index is 0.0348. The first-order chi connectivity index (χ1) is 15.4. The topological polar surface area (TPSA) is 135 Å². The van der Waals surface area contributed by atoms with Crippen molar-refractivity contribution in [1.82, 2.24) is 5.32 Å². The molecule has 1 atom stereocenters. The number of nitrogens with one attached hydrogen (secondary N) is 1. The summed E-state index contributed by atoms with van der Waals surface area (Å²) in [6.07, 6.45) is -1.15. The number of rotatable bonds is 9. The molecule has 0 aliphatic carbocycles. The van der Waals surface area contributed by atoms with Crippen LogP contribution in [0.3, 0.4) is 0 Å². The van der Waals surface area contributed by atoms with E-state index in [1.165, 1.54) is 12.1 Å². The Labute approximate surface area is 197 Å². The number of ether oxygens (including phenoxy) is 3. The lowest BCUT2D eigenvalue weighted by Crippen LogP contribution is -2.45. The van der Waals surface area contributed by atoms with Crippen molar-refractivity contribution in [2.45, 2.75) is 45.4 Å². The Kier molecular flexibility index (Phi) is 8.98. The highest BCUT2D eigenvalue weighted by Gasteiger charge is 2.28. The van der Waals surface area contributed by atoms with Crippen LogP contribution in [0.5, 0.6) is 11.5 Å². The van der Waals surface area contributed by atoms with Crippen LogP contribution in [-0.4, -0.2) is 53.1 Å². The summed E-state index contributed by atoms with van der Waals surface area (Å²) in [5.41, 5.74) is 0.177. The van der Waals surface area contributed by atoms with Crippen molar-refractivity contribution in [3.63, 3.8) is 0 Å². The summed E-state index contributed by atoms with van der Waals surface area (Å²) < 4.78 is 16.1. The van der Waals surface area contributed by atoms with Gasteiger partial charge >= 0.3 is 19.2 Å². The van der Waals surface area contributed by atoms with Gasteiger partial charge in [0.2, 0.25) is 0 Å². The third kappa shape index (κ3) is 8.16. The van der Waals surface area contributed by atoms with Gasteiger partial charge in [0.25, 0.3) is 0 Å². The fourth-order valence-corrected chi connectivity index (χ4v) is 3.19. The average molecular weight is 480 g/mol. The zero-order valence-corrected chi connectivity index (χ0v) is 19.5. The van der Waals surface area contributed by atoms with Crippen LogP contribution in [0.2, 0.25) is 5.02 Å². The fraction of sp³-hybridized carbons (Fsp3) is 0.364. The number of halogens is 1. The van der Waals surface area contributed by atoms with Crippen LogP contribution in [0.15, 0.2) is 36.4 Å². The van der Waals surface area contributed by atoms with Gasteiger partial charge in [-0.3, -0.25) is 0 Å². The molecule has 0 bridgehead atoms. The molecule has 2 rings (SSSR count). The standard InChI is InChI=1S/C22H27BClNO8/c1-22(2,3)33-21(28)25-18(20(26)27)10-14-9-15(24)11-17(23(29)30)19(14)32-12-13-5-7-16(31-4)8-6-13/h5-9,11,18,29-30H,10,12H2,1-4H3,(H,25,28)(H,26,27). The van der Waals surface area contributed by atoms with Gasteiger partial charge in [0.15, 0.2) is 0 Å². The fourth-order valence-electron chi connectivity index (χ4n) is 2.94. The molecule has 0 radical (unpaired) electrons. The molecule has 0 saturated heterocycles. The molecule has 4 N–H and O–H groups in total. The van der Waals surface area contributed by atoms with Crippen molar-refractivity contribution in [1.29, 1.82) is 0 Å². The molecule has 0 saturated carbocycles. The number of benzene rings is 2. The van der Waals surface area contributed by atoms with Crippen LogP contribution in [0.4, 0.5) is 4.79 Å². The number of carboxylic acids is 1. The second-order valence-corrected chi connectivity index (χ2v) is 8.67. The predicted molar refractivity (Wildman–Crippen MR) is 123 cm³/mol. The van der Waals surface area contributed by atoms with Gasteiger partial charge in [0, 0.05) is 16.9 Å². The molecule has 9 nitrogen and oxygen atoms in total. The maximum absolute atomic E-state index is 12.1. The predicted octanol–water partition coefficient (Wildman–Crippen LogP) is 2.13. The molecule has 2 aromatic rings. The van der Waals surface area contributed by atoms with Crippen molar-refractivity contribution >= 4 is 36.2 Å². The van der Waals surface area contributed by atoms with E-state index in [-0.39, 0.29) is 34.8 Å². The van der Waals surface area contributed by atoms with Gasteiger partial charge in [0.1, 0.15) is 29.7 Å². The van der Waals surface area contributed by atoms with Crippen LogP contribution in [-0.2, 0) is 22.6 Å². The maximum Gasteiger partial charge on any atom is 0.492 e. The molecule has 11 heteroatoms. The number of aliphatic carboxylic acids is 1. The molecule has 1 amide bonds. The lowest BCUT2D eigenvalue weighted by molar-refractivity contribution is -0.139. The van der Waals surface area contributed by atoms with Crippen LogP contribution in [0.25, 0.3) is 0 Å². The monoisotopic (exact) mass is 479 g/mol. The van der Waals surface area contributed by atoms with Crippen LogP contribution >= 0.6 is 11.6 Å². The van der Waals surface area contributed by atoms with E-state index >= 15 is 0 Å². The molecule has 0 heterocycles. The number of carbonyl (C=O) groups excluding carboxylic acids is 1. The van der Waals surface area contributed by atoms with Crippen molar-refractivity contribution in [3.05, 3.63) is 52.5 Å². The van der Waals surface area contributed by atoms with Crippen LogP contribution in [0.1, 0.15) is 31.9 Å². The maximum atomic E-state index is 12.1. The summed E-state index contributed by atoms with van der Waals surface area (Å²) >= 11 is 6.12. The van der Waals surface area contributed by atoms with Crippen molar-refractivity contribution in [2.75, 3.05) is 7.11 Å². The highest BCUT2D eigenvalue weighted by Crippen LogP contribution is 2.25. The van der Waals surface area contributed by atoms with Gasteiger partial charge in [-0.1, -0.05) is 23.7 Å². The van der Waals surface area contributed by atoms with Crippen LogP contribution < -0.4 is 20.3 Å². The SMILES string of the molecule is COc1ccc(COc2c(CC(NC(=O)OC(C)(C)C)C(=O)O)cc(Cl)cc2B(O)O)cc1. The van der Waals surface area contributed by atoms with Crippen LogP contribution in [0, 0.1) is 0 Å². The number of hydrogen-bond donors (Lipinski definition) is 4. The second kappa shape index (κ2) is 11.3. The Hall–Kier alpha value is -2.95. The molecule has 2 aromatic carbocycles. The number of carbonyl (C=O) groups is 2. The number of amides is 1. The van der Waals surface area contributed by atoms with E-state index in [0.717, 1.165) is 5.56 Å². The average Bonchev–Trinajstić information content (AvgIpc) is 2.71. The summed E-state index contributed by atoms with van der Waals surface area (Å²) in [5.74, 6) is -0.592. The molecule has 0 aliphatic rings. The molecule has 1 unspecified atom stereocenters. The van der Waals surface area contributed by atoms with Gasteiger partial charge in [-0.2, -0.15) is 0 Å². The Morgan fingerprint density at radius 1 is 1.15 bits per heavy atom. The largest absolute Gasteiger partial charge is 0.497 e. The molecule has 0 fully saturated rings. The lowest BCUT2D eigenvalue weighted by atomic mass is 9.78. The van der Waals surface area contributed by atoms with Gasteiger partial charge in [-0.15, -0.1) is 0 Å². The first-order valence-electron chi connectivity index (χ1n) is 10.1. The quantitative estimate of drug-likeness (QED) is 0.402. The lowest BCUT2D eigenvalue weighted by Gasteiger charge is -2.23. The van der Waals surface area contributed by atoms with E-state index < -0.39 is 30.8 Å². The Morgan fingerprint density at radius 2 is 1.79 bits per heavy atom. The normalized spacial score (nSPS) is 12.0. The van der Waals surface area contributed by atoms with Crippen molar-refractivity contribution < 1.29 is 39.0 Å².